The molecule has 2 amide bonds. The number of nitrogens with one attached hydrogen (secondary N) is 2. The highest BCUT2D eigenvalue weighted by Crippen LogP contribution is 2.49. The monoisotopic (exact) mass is 640 g/mol. The Hall–Kier alpha value is -4.09. The summed E-state index contributed by atoms with van der Waals surface area (Å²) in [5.74, 6) is -5.02. The van der Waals surface area contributed by atoms with Crippen LogP contribution in [0, 0.1) is 11.8 Å². The van der Waals surface area contributed by atoms with E-state index < -0.39 is 47.4 Å². The second-order valence-electron chi connectivity index (χ2n) is 10.1. The van der Waals surface area contributed by atoms with Crippen LogP contribution in [0.15, 0.2) is 65.1 Å². The molecular formula is C31H33BrN2O8. The first-order valence-electron chi connectivity index (χ1n) is 13.3. The van der Waals surface area contributed by atoms with Gasteiger partial charge in [-0.3, -0.25) is 14.4 Å². The Morgan fingerprint density at radius 3 is 2.05 bits per heavy atom. The van der Waals surface area contributed by atoms with E-state index in [1.807, 2.05) is 0 Å². The zero-order valence-corrected chi connectivity index (χ0v) is 25.2. The van der Waals surface area contributed by atoms with Gasteiger partial charge in [0, 0.05) is 12.3 Å². The van der Waals surface area contributed by atoms with E-state index in [9.17, 15) is 24.6 Å². The molecule has 0 aromatic heterocycles. The van der Waals surface area contributed by atoms with Crippen molar-refractivity contribution < 1.29 is 38.8 Å². The van der Waals surface area contributed by atoms with Crippen LogP contribution in [0.1, 0.15) is 31.7 Å². The lowest BCUT2D eigenvalue weighted by Gasteiger charge is -2.44. The maximum atomic E-state index is 14.0. The van der Waals surface area contributed by atoms with Crippen LogP contribution in [0.3, 0.4) is 0 Å². The van der Waals surface area contributed by atoms with Crippen molar-refractivity contribution in [2.24, 2.45) is 11.8 Å². The number of ether oxygens (including phenoxy) is 3. The van der Waals surface area contributed by atoms with Gasteiger partial charge in [0.15, 0.2) is 11.5 Å². The molecule has 4 atom stereocenters. The lowest BCUT2D eigenvalue weighted by molar-refractivity contribution is -0.150. The molecule has 11 heteroatoms. The Morgan fingerprint density at radius 2 is 1.50 bits per heavy atom. The number of carbonyl (C=O) groups excluding carboxylic acids is 3. The van der Waals surface area contributed by atoms with E-state index in [-0.39, 0.29) is 22.6 Å². The normalized spacial score (nSPS) is 21.8. The quantitative estimate of drug-likeness (QED) is 0.242. The number of hydrogen-bond donors (Lipinski definition) is 4. The number of aliphatic hydroxyl groups is 1. The van der Waals surface area contributed by atoms with Gasteiger partial charge in [0.1, 0.15) is 23.2 Å². The molecule has 1 saturated carbocycles. The number of phenolic OH excluding ortho intramolecular Hbond substituents is 1. The Balaban J connectivity index is 1.87. The number of amides is 2. The topological polar surface area (TPSA) is 143 Å². The third-order valence-corrected chi connectivity index (χ3v) is 7.90. The van der Waals surface area contributed by atoms with E-state index in [0.717, 1.165) is 0 Å². The SMILES string of the molecule is CCOc1cc(C2C(C(=O)Nc3ccccc3OC)C(=O)CC(C)(O)C2C(=O)Nc2ccccc2OC)cc(Br)c1O. The van der Waals surface area contributed by atoms with Crippen molar-refractivity contribution in [2.75, 3.05) is 31.5 Å². The minimum Gasteiger partial charge on any atom is -0.503 e. The van der Waals surface area contributed by atoms with E-state index >= 15 is 0 Å². The number of carbonyl (C=O) groups is 3. The minimum atomic E-state index is -1.84. The molecule has 42 heavy (non-hydrogen) atoms. The number of ketones is 1. The van der Waals surface area contributed by atoms with Crippen LogP contribution < -0.4 is 24.8 Å². The molecule has 4 rings (SSSR count). The first-order valence-corrected chi connectivity index (χ1v) is 14.1. The van der Waals surface area contributed by atoms with Crippen LogP contribution in [0.2, 0.25) is 0 Å². The van der Waals surface area contributed by atoms with Crippen LogP contribution in [0.4, 0.5) is 11.4 Å². The van der Waals surface area contributed by atoms with Crippen molar-refractivity contribution >= 4 is 44.9 Å². The first-order chi connectivity index (χ1) is 20.0. The van der Waals surface area contributed by atoms with Gasteiger partial charge >= 0.3 is 0 Å². The maximum absolute atomic E-state index is 14.0. The number of aromatic hydroxyl groups is 1. The summed E-state index contributed by atoms with van der Waals surface area (Å²) >= 11 is 3.32. The molecule has 10 nitrogen and oxygen atoms in total. The Bertz CT molecular complexity index is 1490. The highest BCUT2D eigenvalue weighted by Gasteiger charge is 2.56. The lowest BCUT2D eigenvalue weighted by atomic mass is 9.61. The fourth-order valence-corrected chi connectivity index (χ4v) is 5.92. The molecule has 1 fully saturated rings. The molecule has 3 aromatic rings. The summed E-state index contributed by atoms with van der Waals surface area (Å²) in [5, 5.41) is 27.8. The van der Waals surface area contributed by atoms with Crippen LogP contribution in [-0.4, -0.2) is 54.2 Å². The Labute approximate surface area is 252 Å². The molecule has 1 aliphatic rings. The van der Waals surface area contributed by atoms with E-state index in [1.54, 1.807) is 55.5 Å². The van der Waals surface area contributed by atoms with Gasteiger partial charge in [-0.15, -0.1) is 0 Å². The molecule has 0 aliphatic heterocycles. The second kappa shape index (κ2) is 12.8. The fraction of sp³-hybridized carbons (Fsp3) is 0.323. The van der Waals surface area contributed by atoms with Gasteiger partial charge in [0.2, 0.25) is 11.8 Å². The Kier molecular flexibility index (Phi) is 9.43. The number of phenols is 1. The molecule has 1 aliphatic carbocycles. The number of rotatable bonds is 9. The maximum Gasteiger partial charge on any atom is 0.235 e. The predicted octanol–water partition coefficient (Wildman–Crippen LogP) is 4.89. The molecule has 0 radical (unpaired) electrons. The third-order valence-electron chi connectivity index (χ3n) is 7.30. The van der Waals surface area contributed by atoms with Crippen LogP contribution in [0.5, 0.6) is 23.0 Å². The van der Waals surface area contributed by atoms with Crippen LogP contribution >= 0.6 is 15.9 Å². The van der Waals surface area contributed by atoms with E-state index in [2.05, 4.69) is 26.6 Å². The van der Waals surface area contributed by atoms with E-state index in [0.29, 0.717) is 28.4 Å². The van der Waals surface area contributed by atoms with Crippen LogP contribution in [-0.2, 0) is 14.4 Å². The van der Waals surface area contributed by atoms with E-state index in [4.69, 9.17) is 14.2 Å². The largest absolute Gasteiger partial charge is 0.503 e. The molecule has 0 bridgehead atoms. The third kappa shape index (κ3) is 6.22. The van der Waals surface area contributed by atoms with Crippen molar-refractivity contribution in [1.82, 2.24) is 0 Å². The second-order valence-corrected chi connectivity index (χ2v) is 11.0. The zero-order chi connectivity index (χ0) is 30.6. The van der Waals surface area contributed by atoms with Gasteiger partial charge in [-0.2, -0.15) is 0 Å². The summed E-state index contributed by atoms with van der Waals surface area (Å²) in [6, 6.07) is 16.5. The van der Waals surface area contributed by atoms with Gasteiger partial charge in [-0.05, 0) is 71.7 Å². The molecule has 0 spiro atoms. The summed E-state index contributed by atoms with van der Waals surface area (Å²) in [5.41, 5.74) is -0.818. The molecule has 0 heterocycles. The number of anilines is 2. The van der Waals surface area contributed by atoms with Gasteiger partial charge in [-0.1, -0.05) is 24.3 Å². The number of benzene rings is 3. The zero-order valence-electron chi connectivity index (χ0n) is 23.6. The molecule has 222 valence electrons. The summed E-state index contributed by atoms with van der Waals surface area (Å²) in [6.07, 6.45) is -0.449. The predicted molar refractivity (Wildman–Crippen MR) is 160 cm³/mol. The van der Waals surface area contributed by atoms with Gasteiger partial charge in [0.05, 0.1) is 48.2 Å². The number of para-hydroxylation sites is 4. The number of methoxy groups -OCH3 is 2. The fourth-order valence-electron chi connectivity index (χ4n) is 5.46. The van der Waals surface area contributed by atoms with Crippen molar-refractivity contribution in [3.8, 4) is 23.0 Å². The van der Waals surface area contributed by atoms with Crippen molar-refractivity contribution in [3.05, 3.63) is 70.7 Å². The average Bonchev–Trinajstić information content (AvgIpc) is 2.95. The van der Waals surface area contributed by atoms with Crippen molar-refractivity contribution in [3.63, 3.8) is 0 Å². The van der Waals surface area contributed by atoms with Crippen molar-refractivity contribution in [2.45, 2.75) is 31.8 Å². The summed E-state index contributed by atoms with van der Waals surface area (Å²) in [4.78, 5) is 41.6. The molecule has 4 N–H and O–H groups in total. The van der Waals surface area contributed by atoms with Crippen molar-refractivity contribution in [1.29, 1.82) is 0 Å². The molecule has 0 saturated heterocycles. The lowest BCUT2D eigenvalue weighted by Crippen LogP contribution is -2.56. The summed E-state index contributed by atoms with van der Waals surface area (Å²) < 4.78 is 16.6. The molecular weight excluding hydrogens is 608 g/mol. The molecule has 4 unspecified atom stereocenters. The summed E-state index contributed by atoms with van der Waals surface area (Å²) in [7, 11) is 2.92. The first kappa shape index (κ1) is 30.9. The van der Waals surface area contributed by atoms with Gasteiger partial charge in [-0.25, -0.2) is 0 Å². The standard InChI is InChI=1S/C31H33BrN2O8/c1-5-42-24-15-17(14-18(32)28(24)36)25-26(29(37)33-19-10-6-8-12-22(19)40-3)21(35)16-31(2,39)27(25)30(38)34-20-11-7-9-13-23(20)41-4/h6-15,25-27,36,39H,5,16H2,1-4H3,(H,33,37)(H,34,38). The van der Waals surface area contributed by atoms with E-state index in [1.165, 1.54) is 33.3 Å². The highest BCUT2D eigenvalue weighted by molar-refractivity contribution is 9.10. The smallest absolute Gasteiger partial charge is 0.235 e. The average molecular weight is 642 g/mol. The van der Waals surface area contributed by atoms with Crippen LogP contribution in [0.25, 0.3) is 0 Å². The number of Topliss-reactive ketones (excluding diaryl/α,β-unsaturated/α-hetero) is 1. The molecule has 3 aromatic carbocycles. The number of halogens is 1. The summed E-state index contributed by atoms with van der Waals surface area (Å²) in [6.45, 7) is 3.36. The van der Waals surface area contributed by atoms with Gasteiger partial charge < -0.3 is 35.1 Å². The number of hydrogen-bond acceptors (Lipinski definition) is 8. The Morgan fingerprint density at radius 1 is 0.952 bits per heavy atom. The highest BCUT2D eigenvalue weighted by atomic mass is 79.9. The minimum absolute atomic E-state index is 0.0901. The van der Waals surface area contributed by atoms with Gasteiger partial charge in [0.25, 0.3) is 0 Å².